The van der Waals surface area contributed by atoms with Crippen molar-refractivity contribution in [2.45, 2.75) is 23.2 Å². The van der Waals surface area contributed by atoms with E-state index in [0.717, 1.165) is 5.56 Å². The molecule has 37 heavy (non-hydrogen) atoms. The van der Waals surface area contributed by atoms with Crippen molar-refractivity contribution < 1.29 is 34.0 Å². The van der Waals surface area contributed by atoms with E-state index < -0.39 is 29.1 Å². The van der Waals surface area contributed by atoms with E-state index in [1.54, 1.807) is 57.6 Å². The molecule has 1 fully saturated rings. The molecule has 8 heteroatoms. The van der Waals surface area contributed by atoms with E-state index >= 15 is 0 Å². The van der Waals surface area contributed by atoms with Crippen molar-refractivity contribution in [1.29, 1.82) is 0 Å². The van der Waals surface area contributed by atoms with Gasteiger partial charge in [0.1, 0.15) is 29.1 Å². The third kappa shape index (κ3) is 3.32. The summed E-state index contributed by atoms with van der Waals surface area (Å²) in [5.74, 6) is -0.426. The van der Waals surface area contributed by atoms with Crippen molar-refractivity contribution in [3.05, 3.63) is 83.4 Å². The molecule has 0 aromatic heterocycles. The van der Waals surface area contributed by atoms with Crippen molar-refractivity contribution in [3.63, 3.8) is 0 Å². The summed E-state index contributed by atoms with van der Waals surface area (Å²) in [6.45, 7) is 0. The molecule has 2 aliphatic rings. The second-order valence-corrected chi connectivity index (χ2v) is 9.63. The molecule has 194 valence electrons. The van der Waals surface area contributed by atoms with Crippen LogP contribution in [0.15, 0.2) is 66.7 Å². The van der Waals surface area contributed by atoms with Crippen molar-refractivity contribution in [2.75, 3.05) is 35.4 Å². The molecule has 1 heterocycles. The van der Waals surface area contributed by atoms with Crippen LogP contribution in [0.1, 0.15) is 22.6 Å². The lowest BCUT2D eigenvalue weighted by atomic mass is 9.70. The average Bonchev–Trinajstić information content (AvgIpc) is 3.30. The van der Waals surface area contributed by atoms with Crippen LogP contribution in [0.25, 0.3) is 0 Å². The number of hydrogen-bond donors (Lipinski definition) is 2. The van der Waals surface area contributed by atoms with Crippen LogP contribution < -0.4 is 18.9 Å². The van der Waals surface area contributed by atoms with Gasteiger partial charge in [0, 0.05) is 32.1 Å². The fourth-order valence-corrected chi connectivity index (χ4v) is 6.08. The van der Waals surface area contributed by atoms with E-state index in [0.29, 0.717) is 22.8 Å². The standard InChI is InChI=1S/C29H31NO7/c1-30(2)27(32)23-24(17-9-7-6-8-10-17)29(18-11-13-19(34-3)14-12-18)28(33,26(23)31)25-21(36-5)15-20(35-4)16-22(25)37-29/h6-16,23-24,26,31,33H,1-5H3/t23-,24?,26-,28+,29?/m1/s1. The Labute approximate surface area is 216 Å². The van der Waals surface area contributed by atoms with Gasteiger partial charge in [0.25, 0.3) is 0 Å². The second kappa shape index (κ2) is 8.97. The van der Waals surface area contributed by atoms with E-state index in [4.69, 9.17) is 18.9 Å². The van der Waals surface area contributed by atoms with Gasteiger partial charge in [0.05, 0.1) is 32.8 Å². The van der Waals surface area contributed by atoms with E-state index in [9.17, 15) is 15.0 Å². The van der Waals surface area contributed by atoms with Crippen LogP contribution in [0.2, 0.25) is 0 Å². The van der Waals surface area contributed by atoms with Crippen LogP contribution in [0.3, 0.4) is 0 Å². The highest BCUT2D eigenvalue weighted by Crippen LogP contribution is 2.70. The maximum atomic E-state index is 13.7. The topological polar surface area (TPSA) is 97.7 Å². The predicted octanol–water partition coefficient (Wildman–Crippen LogP) is 3.05. The molecule has 0 radical (unpaired) electrons. The summed E-state index contributed by atoms with van der Waals surface area (Å²) in [7, 11) is 7.84. The number of nitrogens with zero attached hydrogens (tertiary/aromatic N) is 1. The predicted molar refractivity (Wildman–Crippen MR) is 136 cm³/mol. The second-order valence-electron chi connectivity index (χ2n) is 9.63. The number of carbonyl (C=O) groups is 1. The molecule has 1 aliphatic carbocycles. The summed E-state index contributed by atoms with van der Waals surface area (Å²) in [5.41, 5.74) is -2.04. The minimum Gasteiger partial charge on any atom is -0.497 e. The highest BCUT2D eigenvalue weighted by Gasteiger charge is 2.78. The van der Waals surface area contributed by atoms with Crippen LogP contribution in [0, 0.1) is 5.92 Å². The van der Waals surface area contributed by atoms with Gasteiger partial charge in [-0.25, -0.2) is 0 Å². The van der Waals surface area contributed by atoms with Crippen molar-refractivity contribution >= 4 is 5.91 Å². The van der Waals surface area contributed by atoms with Gasteiger partial charge in [-0.15, -0.1) is 0 Å². The van der Waals surface area contributed by atoms with Gasteiger partial charge >= 0.3 is 0 Å². The first kappa shape index (κ1) is 24.9. The van der Waals surface area contributed by atoms with E-state index in [2.05, 4.69) is 0 Å². The number of aliphatic hydroxyl groups is 2. The lowest BCUT2D eigenvalue weighted by Crippen LogP contribution is -2.52. The summed E-state index contributed by atoms with van der Waals surface area (Å²) in [6.07, 6.45) is -1.53. The Hall–Kier alpha value is -3.75. The minimum absolute atomic E-state index is 0.272. The number of methoxy groups -OCH3 is 3. The van der Waals surface area contributed by atoms with Gasteiger partial charge in [-0.05, 0) is 23.3 Å². The van der Waals surface area contributed by atoms with Gasteiger partial charge < -0.3 is 34.1 Å². The van der Waals surface area contributed by atoms with Gasteiger partial charge in [-0.3, -0.25) is 4.79 Å². The first-order valence-electron chi connectivity index (χ1n) is 12.0. The Morgan fingerprint density at radius 3 is 2.14 bits per heavy atom. The minimum atomic E-state index is -2.05. The molecule has 0 bridgehead atoms. The number of hydrogen-bond acceptors (Lipinski definition) is 7. The number of carbonyl (C=O) groups excluding carboxylic acids is 1. The molecule has 0 spiro atoms. The molecular weight excluding hydrogens is 474 g/mol. The molecule has 0 saturated heterocycles. The molecule has 5 atom stereocenters. The monoisotopic (exact) mass is 505 g/mol. The number of fused-ring (bicyclic) bond motifs is 3. The zero-order chi connectivity index (χ0) is 26.5. The summed E-state index contributed by atoms with van der Waals surface area (Å²) in [6, 6.07) is 19.8. The Balaban J connectivity index is 1.88. The van der Waals surface area contributed by atoms with Crippen LogP contribution in [0.5, 0.6) is 23.0 Å². The molecule has 1 aliphatic heterocycles. The van der Waals surface area contributed by atoms with Crippen LogP contribution in [-0.4, -0.2) is 62.5 Å². The first-order valence-corrected chi connectivity index (χ1v) is 12.0. The third-order valence-corrected chi connectivity index (χ3v) is 7.68. The fraction of sp³-hybridized carbons (Fsp3) is 0.345. The zero-order valence-corrected chi connectivity index (χ0v) is 21.5. The lowest BCUT2D eigenvalue weighted by molar-refractivity contribution is -0.156. The Bertz CT molecular complexity index is 1310. The number of rotatable bonds is 6. The van der Waals surface area contributed by atoms with E-state index in [1.807, 2.05) is 30.3 Å². The quantitative estimate of drug-likeness (QED) is 0.532. The molecule has 2 N–H and O–H groups in total. The van der Waals surface area contributed by atoms with Gasteiger partial charge in [0.2, 0.25) is 5.91 Å². The zero-order valence-electron chi connectivity index (χ0n) is 21.5. The SMILES string of the molecule is COc1ccc(C23Oc4cc(OC)cc(OC)c4[C@]2(O)[C@H](O)[C@H](C(=O)N(C)C)C3c2ccccc2)cc1. The van der Waals surface area contributed by atoms with Gasteiger partial charge in [0.15, 0.2) is 11.2 Å². The molecular formula is C29H31NO7. The van der Waals surface area contributed by atoms with Gasteiger partial charge in [-0.1, -0.05) is 42.5 Å². The highest BCUT2D eigenvalue weighted by molar-refractivity contribution is 5.83. The van der Waals surface area contributed by atoms with Crippen molar-refractivity contribution in [3.8, 4) is 23.0 Å². The average molecular weight is 506 g/mol. The van der Waals surface area contributed by atoms with Crippen molar-refractivity contribution in [2.24, 2.45) is 5.92 Å². The Kier molecular flexibility index (Phi) is 6.04. The van der Waals surface area contributed by atoms with E-state index in [1.165, 1.54) is 19.1 Å². The Morgan fingerprint density at radius 2 is 1.57 bits per heavy atom. The van der Waals surface area contributed by atoms with Crippen LogP contribution >= 0.6 is 0 Å². The summed E-state index contributed by atoms with van der Waals surface area (Å²) >= 11 is 0. The third-order valence-electron chi connectivity index (χ3n) is 7.68. The molecule has 3 aromatic rings. The maximum absolute atomic E-state index is 13.7. The molecule has 2 unspecified atom stereocenters. The lowest BCUT2D eigenvalue weighted by Gasteiger charge is -2.41. The number of amides is 1. The molecule has 3 aromatic carbocycles. The highest BCUT2D eigenvalue weighted by atomic mass is 16.5. The van der Waals surface area contributed by atoms with Gasteiger partial charge in [-0.2, -0.15) is 0 Å². The first-order chi connectivity index (χ1) is 17.7. The maximum Gasteiger partial charge on any atom is 0.228 e. The number of benzene rings is 3. The largest absolute Gasteiger partial charge is 0.497 e. The van der Waals surface area contributed by atoms with Crippen molar-refractivity contribution in [1.82, 2.24) is 4.90 Å². The summed E-state index contributed by atoms with van der Waals surface area (Å²) in [5, 5.41) is 24.8. The van der Waals surface area contributed by atoms with E-state index in [-0.39, 0.29) is 17.2 Å². The fourth-order valence-electron chi connectivity index (χ4n) is 6.08. The van der Waals surface area contributed by atoms with Crippen LogP contribution in [-0.2, 0) is 16.0 Å². The Morgan fingerprint density at radius 1 is 0.919 bits per heavy atom. The summed E-state index contributed by atoms with van der Waals surface area (Å²) in [4.78, 5) is 15.1. The summed E-state index contributed by atoms with van der Waals surface area (Å²) < 4.78 is 23.3. The molecule has 5 rings (SSSR count). The number of aliphatic hydroxyl groups excluding tert-OH is 1. The smallest absolute Gasteiger partial charge is 0.228 e. The molecule has 1 saturated carbocycles. The molecule has 1 amide bonds. The normalized spacial score (nSPS) is 27.6. The van der Waals surface area contributed by atoms with Crippen LogP contribution in [0.4, 0.5) is 0 Å². The number of ether oxygens (including phenoxy) is 4. The molecule has 8 nitrogen and oxygen atoms in total.